The van der Waals surface area contributed by atoms with E-state index in [1.807, 2.05) is 58.0 Å². The summed E-state index contributed by atoms with van der Waals surface area (Å²) in [7, 11) is 0. The Morgan fingerprint density at radius 2 is 1.79 bits per heavy atom. The van der Waals surface area contributed by atoms with Gasteiger partial charge in [0.15, 0.2) is 5.65 Å². The number of nitrogens with zero attached hydrogens (tertiary/aromatic N) is 3. The van der Waals surface area contributed by atoms with Crippen LogP contribution in [0.2, 0.25) is 0 Å². The Morgan fingerprint density at radius 1 is 1.03 bits per heavy atom. The van der Waals surface area contributed by atoms with Gasteiger partial charge in [-0.2, -0.15) is 0 Å². The Hall–Kier alpha value is -3.91. The minimum Gasteiger partial charge on any atom is -0.378 e. The summed E-state index contributed by atoms with van der Waals surface area (Å²) in [5.41, 5.74) is 5.44. The number of aromatic nitrogens is 2. The van der Waals surface area contributed by atoms with Crippen molar-refractivity contribution in [1.82, 2.24) is 9.38 Å². The molecule has 0 radical (unpaired) electrons. The summed E-state index contributed by atoms with van der Waals surface area (Å²) in [5, 5.41) is 6.07. The molecule has 7 nitrogen and oxygen atoms in total. The van der Waals surface area contributed by atoms with Gasteiger partial charge in [0.05, 0.1) is 30.3 Å². The molecule has 1 aliphatic heterocycles. The zero-order valence-electron chi connectivity index (χ0n) is 18.2. The van der Waals surface area contributed by atoms with E-state index in [2.05, 4.69) is 15.6 Å². The molecule has 0 bridgehead atoms. The van der Waals surface area contributed by atoms with Crippen LogP contribution in [0.1, 0.15) is 6.92 Å². The molecular weight excluding hydrogens is 421 g/mol. The van der Waals surface area contributed by atoms with E-state index in [0.29, 0.717) is 37.7 Å². The number of nitrogens with one attached hydrogen (secondary N) is 2. The summed E-state index contributed by atoms with van der Waals surface area (Å²) in [4.78, 5) is 17.8. The first-order chi connectivity index (χ1) is 16.1. The molecule has 0 spiro atoms. The van der Waals surface area contributed by atoms with Crippen LogP contribution in [0.15, 0.2) is 67.0 Å². The quantitative estimate of drug-likeness (QED) is 0.467. The third kappa shape index (κ3) is 4.38. The molecule has 8 heteroatoms. The molecule has 0 atom stereocenters. The Morgan fingerprint density at radius 3 is 2.52 bits per heavy atom. The van der Waals surface area contributed by atoms with Crippen molar-refractivity contribution in [2.75, 3.05) is 41.8 Å². The number of carbonyl (C=O) groups is 1. The van der Waals surface area contributed by atoms with Gasteiger partial charge in [0.2, 0.25) is 5.91 Å². The molecule has 168 valence electrons. The number of fused-ring (bicyclic) bond motifs is 1. The molecule has 3 heterocycles. The number of morpholine rings is 1. The minimum absolute atomic E-state index is 0.107. The Balaban J connectivity index is 1.41. The van der Waals surface area contributed by atoms with Gasteiger partial charge >= 0.3 is 0 Å². The van der Waals surface area contributed by atoms with E-state index in [0.717, 1.165) is 28.3 Å². The largest absolute Gasteiger partial charge is 0.378 e. The van der Waals surface area contributed by atoms with Gasteiger partial charge in [-0.15, -0.1) is 0 Å². The van der Waals surface area contributed by atoms with Gasteiger partial charge in [0, 0.05) is 43.8 Å². The molecule has 0 saturated carbocycles. The molecular formula is C25H24FN5O2. The van der Waals surface area contributed by atoms with Crippen molar-refractivity contribution >= 4 is 34.3 Å². The van der Waals surface area contributed by atoms with E-state index in [-0.39, 0.29) is 11.7 Å². The summed E-state index contributed by atoms with van der Waals surface area (Å²) in [5.74, 6) is -0.373. The molecule has 2 aromatic heterocycles. The van der Waals surface area contributed by atoms with Crippen molar-refractivity contribution in [2.24, 2.45) is 0 Å². The fraction of sp³-hybridized carbons (Fsp3) is 0.200. The zero-order chi connectivity index (χ0) is 22.8. The third-order valence-electron chi connectivity index (χ3n) is 5.63. The summed E-state index contributed by atoms with van der Waals surface area (Å²) in [6.45, 7) is 4.08. The highest BCUT2D eigenvalue weighted by Crippen LogP contribution is 2.30. The van der Waals surface area contributed by atoms with Crippen LogP contribution in [0.5, 0.6) is 0 Å². The molecule has 1 saturated heterocycles. The third-order valence-corrected chi connectivity index (χ3v) is 5.63. The van der Waals surface area contributed by atoms with Crippen molar-refractivity contribution in [3.05, 3.63) is 72.8 Å². The topological polar surface area (TPSA) is 70.9 Å². The van der Waals surface area contributed by atoms with E-state index in [1.165, 1.54) is 13.0 Å². The van der Waals surface area contributed by atoms with Crippen LogP contribution in [0, 0.1) is 5.82 Å². The van der Waals surface area contributed by atoms with Crippen molar-refractivity contribution in [3.8, 4) is 11.3 Å². The van der Waals surface area contributed by atoms with Crippen LogP contribution in [0.3, 0.4) is 0 Å². The fourth-order valence-corrected chi connectivity index (χ4v) is 4.08. The van der Waals surface area contributed by atoms with Crippen LogP contribution in [-0.4, -0.2) is 41.6 Å². The minimum atomic E-state index is -0.267. The summed E-state index contributed by atoms with van der Waals surface area (Å²) >= 11 is 0. The lowest BCUT2D eigenvalue weighted by Crippen LogP contribution is -2.36. The Bertz CT molecular complexity index is 1300. The van der Waals surface area contributed by atoms with Gasteiger partial charge in [0.25, 0.3) is 0 Å². The molecule has 4 aromatic rings. The summed E-state index contributed by atoms with van der Waals surface area (Å²) < 4.78 is 22.2. The first-order valence-corrected chi connectivity index (χ1v) is 10.8. The maximum Gasteiger partial charge on any atom is 0.221 e. The molecule has 33 heavy (non-hydrogen) atoms. The number of pyridine rings is 1. The van der Waals surface area contributed by atoms with Crippen molar-refractivity contribution in [2.45, 2.75) is 6.92 Å². The number of amides is 1. The van der Waals surface area contributed by atoms with Crippen molar-refractivity contribution in [1.29, 1.82) is 0 Å². The number of rotatable bonds is 5. The number of benzene rings is 2. The van der Waals surface area contributed by atoms with E-state index in [1.54, 1.807) is 12.3 Å². The van der Waals surface area contributed by atoms with E-state index in [4.69, 9.17) is 4.74 Å². The Kier molecular flexibility index (Phi) is 5.66. The van der Waals surface area contributed by atoms with E-state index >= 15 is 0 Å². The average Bonchev–Trinajstić information content (AvgIpc) is 3.31. The Labute approximate surface area is 190 Å². The summed E-state index contributed by atoms with van der Waals surface area (Å²) in [6, 6.07) is 16.8. The molecule has 2 aromatic carbocycles. The monoisotopic (exact) mass is 445 g/mol. The molecule has 5 rings (SSSR count). The maximum absolute atomic E-state index is 14.8. The van der Waals surface area contributed by atoms with Crippen LogP contribution in [0.25, 0.3) is 16.9 Å². The number of imidazole rings is 1. The number of hydrogen-bond donors (Lipinski definition) is 2. The highest BCUT2D eigenvalue weighted by Gasteiger charge is 2.16. The van der Waals surface area contributed by atoms with Gasteiger partial charge in [0.1, 0.15) is 5.82 Å². The van der Waals surface area contributed by atoms with Crippen LogP contribution >= 0.6 is 0 Å². The standard InChI is InChI=1S/C25H24FN5O2/c1-17(32)28-19-4-2-18(3-5-19)23-9-7-22(25-27-10-11-31(23)25)29-20-6-8-24(21(26)16-20)30-12-14-33-15-13-30/h2-11,16,29H,12-15H2,1H3,(H,28,32). The molecule has 0 unspecified atom stereocenters. The van der Waals surface area contributed by atoms with Gasteiger partial charge in [-0.3, -0.25) is 9.20 Å². The van der Waals surface area contributed by atoms with Crippen LogP contribution in [0.4, 0.5) is 27.1 Å². The molecule has 1 aliphatic rings. The first-order valence-electron chi connectivity index (χ1n) is 10.8. The second-order valence-electron chi connectivity index (χ2n) is 7.90. The second kappa shape index (κ2) is 8.91. The molecule has 2 N–H and O–H groups in total. The second-order valence-corrected chi connectivity index (χ2v) is 7.90. The fourth-order valence-electron chi connectivity index (χ4n) is 4.08. The SMILES string of the molecule is CC(=O)Nc1ccc(-c2ccc(Nc3ccc(N4CCOCC4)c(F)c3)c3nccn23)cc1. The number of carbonyl (C=O) groups excluding carboxylic acids is 1. The molecule has 1 amide bonds. The summed E-state index contributed by atoms with van der Waals surface area (Å²) in [6.07, 6.45) is 3.62. The predicted molar refractivity (Wildman–Crippen MR) is 128 cm³/mol. The normalized spacial score (nSPS) is 13.8. The number of halogens is 1. The lowest BCUT2D eigenvalue weighted by atomic mass is 10.1. The molecule has 1 fully saturated rings. The van der Waals surface area contributed by atoms with Gasteiger partial charge < -0.3 is 20.3 Å². The van der Waals surface area contributed by atoms with Crippen molar-refractivity contribution < 1.29 is 13.9 Å². The van der Waals surface area contributed by atoms with E-state index < -0.39 is 0 Å². The van der Waals surface area contributed by atoms with Crippen LogP contribution in [-0.2, 0) is 9.53 Å². The zero-order valence-corrected chi connectivity index (χ0v) is 18.2. The lowest BCUT2D eigenvalue weighted by molar-refractivity contribution is -0.114. The highest BCUT2D eigenvalue weighted by molar-refractivity contribution is 5.89. The smallest absolute Gasteiger partial charge is 0.221 e. The van der Waals surface area contributed by atoms with Gasteiger partial charge in [-0.05, 0) is 48.0 Å². The lowest BCUT2D eigenvalue weighted by Gasteiger charge is -2.29. The average molecular weight is 445 g/mol. The first kappa shape index (κ1) is 21.0. The van der Waals surface area contributed by atoms with E-state index in [9.17, 15) is 9.18 Å². The predicted octanol–water partition coefficient (Wildman–Crippen LogP) is 4.68. The number of hydrogen-bond acceptors (Lipinski definition) is 5. The van der Waals surface area contributed by atoms with Gasteiger partial charge in [-0.25, -0.2) is 9.37 Å². The van der Waals surface area contributed by atoms with Crippen molar-refractivity contribution in [3.63, 3.8) is 0 Å². The van der Waals surface area contributed by atoms with Crippen LogP contribution < -0.4 is 15.5 Å². The number of ether oxygens (including phenoxy) is 1. The van der Waals surface area contributed by atoms with Gasteiger partial charge in [-0.1, -0.05) is 12.1 Å². The number of anilines is 4. The molecule has 0 aliphatic carbocycles. The maximum atomic E-state index is 14.8. The highest BCUT2D eigenvalue weighted by atomic mass is 19.1.